The van der Waals surface area contributed by atoms with Crippen LogP contribution in [-0.2, 0) is 10.0 Å². The maximum absolute atomic E-state index is 13.0. The Morgan fingerprint density at radius 2 is 1.74 bits per heavy atom. The highest BCUT2D eigenvalue weighted by Crippen LogP contribution is 2.43. The molecule has 0 bridgehead atoms. The molecule has 2 aliphatic rings. The molecule has 0 aliphatic carbocycles. The van der Waals surface area contributed by atoms with E-state index in [2.05, 4.69) is 5.32 Å². The minimum atomic E-state index is -3.63. The van der Waals surface area contributed by atoms with Crippen molar-refractivity contribution in [3.63, 3.8) is 0 Å². The number of carbonyl (C=O) groups is 1. The Labute approximate surface area is 180 Å². The highest BCUT2D eigenvalue weighted by atomic mass is 32.2. The Hall–Kier alpha value is -3.52. The second-order valence-electron chi connectivity index (χ2n) is 7.21. The van der Waals surface area contributed by atoms with Crippen LogP contribution in [0.3, 0.4) is 0 Å². The number of sulfonamides is 1. The zero-order chi connectivity index (χ0) is 21.6. The van der Waals surface area contributed by atoms with Gasteiger partial charge in [0.05, 0.1) is 10.6 Å². The summed E-state index contributed by atoms with van der Waals surface area (Å²) in [7, 11) is -3.63. The van der Waals surface area contributed by atoms with E-state index in [9.17, 15) is 13.2 Å². The van der Waals surface area contributed by atoms with Gasteiger partial charge in [-0.3, -0.25) is 9.10 Å². The van der Waals surface area contributed by atoms with Gasteiger partial charge in [-0.25, -0.2) is 8.42 Å². The molecule has 8 heteroatoms. The minimum Gasteiger partial charge on any atom is -0.486 e. The number of anilines is 2. The third-order valence-electron chi connectivity index (χ3n) is 5.36. The molecule has 31 heavy (non-hydrogen) atoms. The van der Waals surface area contributed by atoms with Crippen molar-refractivity contribution >= 4 is 27.3 Å². The lowest BCUT2D eigenvalue weighted by Gasteiger charge is -2.31. The molecule has 1 N–H and O–H groups in total. The van der Waals surface area contributed by atoms with E-state index >= 15 is 0 Å². The van der Waals surface area contributed by atoms with Gasteiger partial charge in [0.1, 0.15) is 13.2 Å². The van der Waals surface area contributed by atoms with Crippen molar-refractivity contribution < 1.29 is 22.7 Å². The third-order valence-corrected chi connectivity index (χ3v) is 7.31. The van der Waals surface area contributed by atoms with Crippen molar-refractivity contribution in [2.45, 2.75) is 11.8 Å². The average Bonchev–Trinajstić information content (AvgIpc) is 2.79. The van der Waals surface area contributed by atoms with Crippen molar-refractivity contribution in [3.05, 3.63) is 66.2 Å². The average molecular weight is 436 g/mol. The number of nitrogens with one attached hydrogen (secondary N) is 1. The van der Waals surface area contributed by atoms with Crippen LogP contribution in [0.25, 0.3) is 11.1 Å². The van der Waals surface area contributed by atoms with Crippen LogP contribution in [-0.4, -0.2) is 34.1 Å². The summed E-state index contributed by atoms with van der Waals surface area (Å²) in [5, 5.41) is 2.87. The normalized spacial score (nSPS) is 15.6. The maximum Gasteiger partial charge on any atom is 0.264 e. The quantitative estimate of drug-likeness (QED) is 0.673. The molecule has 3 aromatic rings. The molecule has 0 unspecified atom stereocenters. The van der Waals surface area contributed by atoms with Gasteiger partial charge in [-0.1, -0.05) is 18.2 Å². The van der Waals surface area contributed by atoms with Gasteiger partial charge in [-0.15, -0.1) is 0 Å². The number of hydrogen-bond acceptors (Lipinski definition) is 5. The van der Waals surface area contributed by atoms with Gasteiger partial charge in [0, 0.05) is 35.0 Å². The van der Waals surface area contributed by atoms with Crippen LogP contribution < -0.4 is 19.1 Å². The Kier molecular flexibility index (Phi) is 4.59. The number of nitrogens with zero attached hydrogens (tertiary/aromatic N) is 1. The van der Waals surface area contributed by atoms with E-state index < -0.39 is 10.0 Å². The molecule has 2 heterocycles. The standard InChI is InChI=1S/C23H20N2O5S/c1-2-25-19-9-7-15(13-18(19)17-5-3-4-6-22(17)31(25,27)28)23(26)24-16-8-10-20-21(14-16)30-12-11-29-20/h3-10,13-14H,2,11-12H2,1H3,(H,24,26). The zero-order valence-corrected chi connectivity index (χ0v) is 17.6. The summed E-state index contributed by atoms with van der Waals surface area (Å²) in [6.45, 7) is 3.05. The maximum atomic E-state index is 13.0. The fourth-order valence-corrected chi connectivity index (χ4v) is 5.64. The van der Waals surface area contributed by atoms with Crippen molar-refractivity contribution in [2.75, 3.05) is 29.4 Å². The minimum absolute atomic E-state index is 0.244. The second-order valence-corrected chi connectivity index (χ2v) is 9.04. The predicted octanol–water partition coefficient (Wildman–Crippen LogP) is 3.91. The monoisotopic (exact) mass is 436 g/mol. The number of fused-ring (bicyclic) bond motifs is 4. The van der Waals surface area contributed by atoms with Crippen LogP contribution in [0, 0.1) is 0 Å². The lowest BCUT2D eigenvalue weighted by Crippen LogP contribution is -2.34. The summed E-state index contributed by atoms with van der Waals surface area (Å²) >= 11 is 0. The van der Waals surface area contributed by atoms with Crippen LogP contribution in [0.5, 0.6) is 11.5 Å². The zero-order valence-electron chi connectivity index (χ0n) is 16.8. The summed E-state index contributed by atoms with van der Waals surface area (Å²) in [5.74, 6) is 0.941. The number of ether oxygens (including phenoxy) is 2. The molecule has 0 saturated heterocycles. The Morgan fingerprint density at radius 3 is 2.55 bits per heavy atom. The highest BCUT2D eigenvalue weighted by Gasteiger charge is 2.34. The Bertz CT molecular complexity index is 1300. The van der Waals surface area contributed by atoms with Gasteiger partial charge >= 0.3 is 0 Å². The van der Waals surface area contributed by atoms with Gasteiger partial charge in [-0.2, -0.15) is 0 Å². The summed E-state index contributed by atoms with van der Waals surface area (Å²) in [5.41, 5.74) is 2.89. The molecular formula is C23H20N2O5S. The van der Waals surface area contributed by atoms with E-state index in [1.54, 1.807) is 67.6 Å². The molecule has 5 rings (SSSR count). The van der Waals surface area contributed by atoms with E-state index in [1.165, 1.54) is 4.31 Å². The van der Waals surface area contributed by atoms with Gasteiger partial charge < -0.3 is 14.8 Å². The van der Waals surface area contributed by atoms with Gasteiger partial charge in [0.25, 0.3) is 15.9 Å². The number of benzene rings is 3. The fraction of sp³-hybridized carbons (Fsp3) is 0.174. The molecule has 158 valence electrons. The second kappa shape index (κ2) is 7.31. The first-order chi connectivity index (χ1) is 15.0. The van der Waals surface area contributed by atoms with Gasteiger partial charge in [-0.05, 0) is 43.3 Å². The Morgan fingerprint density at radius 1 is 0.968 bits per heavy atom. The molecule has 7 nitrogen and oxygen atoms in total. The van der Waals surface area contributed by atoms with Crippen LogP contribution >= 0.6 is 0 Å². The molecule has 0 spiro atoms. The summed E-state index contributed by atoms with van der Waals surface area (Å²) in [6.07, 6.45) is 0. The van der Waals surface area contributed by atoms with Crippen molar-refractivity contribution in [1.29, 1.82) is 0 Å². The van der Waals surface area contributed by atoms with Crippen molar-refractivity contribution in [2.24, 2.45) is 0 Å². The lowest BCUT2D eigenvalue weighted by molar-refractivity contribution is 0.102. The SMILES string of the molecule is CCN1c2ccc(C(=O)Nc3ccc4c(c3)OCCO4)cc2-c2ccccc2S1(=O)=O. The number of amides is 1. The fourth-order valence-electron chi connectivity index (χ4n) is 3.94. The van der Waals surface area contributed by atoms with Crippen LogP contribution in [0.15, 0.2) is 65.6 Å². The number of rotatable bonds is 3. The van der Waals surface area contributed by atoms with Crippen molar-refractivity contribution in [3.8, 4) is 22.6 Å². The summed E-state index contributed by atoms with van der Waals surface area (Å²) in [6, 6.07) is 17.2. The van der Waals surface area contributed by atoms with Crippen LogP contribution in [0.2, 0.25) is 0 Å². The van der Waals surface area contributed by atoms with E-state index in [0.29, 0.717) is 59.3 Å². The van der Waals surface area contributed by atoms with Crippen molar-refractivity contribution in [1.82, 2.24) is 0 Å². The summed E-state index contributed by atoms with van der Waals surface area (Å²) in [4.78, 5) is 13.2. The first kappa shape index (κ1) is 19.4. The first-order valence-corrected chi connectivity index (χ1v) is 11.4. The third kappa shape index (κ3) is 3.19. The molecule has 0 radical (unpaired) electrons. The number of carbonyl (C=O) groups excluding carboxylic acids is 1. The molecule has 2 aliphatic heterocycles. The number of hydrogen-bond donors (Lipinski definition) is 1. The highest BCUT2D eigenvalue weighted by molar-refractivity contribution is 7.93. The molecule has 0 aromatic heterocycles. The molecule has 0 saturated carbocycles. The van der Waals surface area contributed by atoms with E-state index in [0.717, 1.165) is 0 Å². The topological polar surface area (TPSA) is 84.9 Å². The lowest BCUT2D eigenvalue weighted by atomic mass is 10.00. The molecule has 1 amide bonds. The molecular weight excluding hydrogens is 416 g/mol. The summed E-state index contributed by atoms with van der Waals surface area (Å²) < 4.78 is 38.4. The first-order valence-electron chi connectivity index (χ1n) is 9.96. The molecule has 0 atom stereocenters. The molecule has 3 aromatic carbocycles. The van der Waals surface area contributed by atoms with Gasteiger partial charge in [0.2, 0.25) is 0 Å². The largest absolute Gasteiger partial charge is 0.486 e. The van der Waals surface area contributed by atoms with E-state index in [4.69, 9.17) is 9.47 Å². The van der Waals surface area contributed by atoms with E-state index in [1.807, 2.05) is 0 Å². The van der Waals surface area contributed by atoms with Gasteiger partial charge in [0.15, 0.2) is 11.5 Å². The van der Waals surface area contributed by atoms with Crippen LogP contribution in [0.4, 0.5) is 11.4 Å². The molecule has 0 fully saturated rings. The Balaban J connectivity index is 1.51. The van der Waals surface area contributed by atoms with Crippen LogP contribution in [0.1, 0.15) is 17.3 Å². The van der Waals surface area contributed by atoms with E-state index in [-0.39, 0.29) is 10.8 Å². The smallest absolute Gasteiger partial charge is 0.264 e. The predicted molar refractivity (Wildman–Crippen MR) is 117 cm³/mol.